The molecule has 1 saturated carbocycles. The SMILES string of the molecule is COc1cnccc1-c1cc(C2=CCCN(C(=O)CCn3ccnn3)C2)c(F)c2[nH]c(C(=O)N3CCN(C4CC4)CC3)cc12. The maximum absolute atomic E-state index is 16.5. The molecule has 0 atom stereocenters. The van der Waals surface area contributed by atoms with Gasteiger partial charge in [0.25, 0.3) is 5.91 Å². The van der Waals surface area contributed by atoms with Crippen molar-refractivity contribution in [2.75, 3.05) is 46.4 Å². The van der Waals surface area contributed by atoms with Gasteiger partial charge in [-0.25, -0.2) is 4.39 Å². The second-order valence-electron chi connectivity index (χ2n) is 11.6. The second-order valence-corrected chi connectivity index (χ2v) is 11.6. The molecule has 228 valence electrons. The normalized spacial score (nSPS) is 17.6. The lowest BCUT2D eigenvalue weighted by Gasteiger charge is -2.34. The number of methoxy groups -OCH3 is 1. The molecule has 12 heteroatoms. The molecule has 0 spiro atoms. The van der Waals surface area contributed by atoms with Crippen LogP contribution in [0.15, 0.2) is 49.1 Å². The number of aromatic amines is 1. The summed E-state index contributed by atoms with van der Waals surface area (Å²) in [5.74, 6) is -0.0684. The number of carbonyl (C=O) groups is 2. The van der Waals surface area contributed by atoms with Crippen LogP contribution < -0.4 is 4.74 Å². The zero-order valence-corrected chi connectivity index (χ0v) is 24.7. The van der Waals surface area contributed by atoms with Crippen LogP contribution in [0.2, 0.25) is 0 Å². The highest BCUT2D eigenvalue weighted by Crippen LogP contribution is 2.40. The Morgan fingerprint density at radius 2 is 1.89 bits per heavy atom. The highest BCUT2D eigenvalue weighted by Gasteiger charge is 2.33. The Kier molecular flexibility index (Phi) is 7.59. The van der Waals surface area contributed by atoms with Crippen molar-refractivity contribution in [3.63, 3.8) is 0 Å². The first-order chi connectivity index (χ1) is 21.5. The maximum Gasteiger partial charge on any atom is 0.270 e. The second kappa shape index (κ2) is 11.8. The first-order valence-electron chi connectivity index (χ1n) is 15.2. The average molecular weight is 599 g/mol. The van der Waals surface area contributed by atoms with Crippen molar-refractivity contribution >= 4 is 28.3 Å². The number of hydrogen-bond donors (Lipinski definition) is 1. The summed E-state index contributed by atoms with van der Waals surface area (Å²) in [6.45, 7) is 4.28. The van der Waals surface area contributed by atoms with Gasteiger partial charge in [-0.2, -0.15) is 0 Å². The molecule has 5 heterocycles. The minimum atomic E-state index is -0.447. The molecule has 7 rings (SSSR count). The van der Waals surface area contributed by atoms with Gasteiger partial charge >= 0.3 is 0 Å². The average Bonchev–Trinajstić information content (AvgIpc) is 3.59. The molecule has 0 radical (unpaired) electrons. The van der Waals surface area contributed by atoms with Crippen LogP contribution in [0.25, 0.3) is 27.6 Å². The molecule has 2 aliphatic heterocycles. The molecule has 44 heavy (non-hydrogen) atoms. The summed E-state index contributed by atoms with van der Waals surface area (Å²) < 4.78 is 23.7. The molecule has 2 fully saturated rings. The van der Waals surface area contributed by atoms with E-state index in [1.165, 1.54) is 12.8 Å². The van der Waals surface area contributed by atoms with Crippen molar-refractivity contribution in [1.29, 1.82) is 0 Å². The van der Waals surface area contributed by atoms with Gasteiger partial charge in [0.2, 0.25) is 5.91 Å². The number of halogens is 1. The van der Waals surface area contributed by atoms with Gasteiger partial charge in [0.15, 0.2) is 5.82 Å². The number of rotatable bonds is 8. The Morgan fingerprint density at radius 3 is 2.64 bits per heavy atom. The van der Waals surface area contributed by atoms with Crippen LogP contribution in [0.4, 0.5) is 4.39 Å². The third kappa shape index (κ3) is 5.45. The predicted octanol–water partition coefficient (Wildman–Crippen LogP) is 3.60. The number of carbonyl (C=O) groups excluding carboxylic acids is 2. The monoisotopic (exact) mass is 598 g/mol. The fourth-order valence-corrected chi connectivity index (χ4v) is 6.37. The van der Waals surface area contributed by atoms with Crippen molar-refractivity contribution < 1.29 is 18.7 Å². The summed E-state index contributed by atoms with van der Waals surface area (Å²) in [5, 5.41) is 8.31. The summed E-state index contributed by atoms with van der Waals surface area (Å²) >= 11 is 0. The highest BCUT2D eigenvalue weighted by atomic mass is 19.1. The lowest BCUT2D eigenvalue weighted by Crippen LogP contribution is -2.49. The van der Waals surface area contributed by atoms with E-state index in [0.717, 1.165) is 29.8 Å². The molecule has 1 aliphatic carbocycles. The van der Waals surface area contributed by atoms with E-state index in [2.05, 4.69) is 25.2 Å². The van der Waals surface area contributed by atoms with Crippen molar-refractivity contribution in [2.45, 2.75) is 38.3 Å². The zero-order chi connectivity index (χ0) is 30.2. The molecule has 1 aromatic carbocycles. The minimum Gasteiger partial charge on any atom is -0.494 e. The quantitative estimate of drug-likeness (QED) is 0.330. The number of aryl methyl sites for hydroxylation is 1. The van der Waals surface area contributed by atoms with E-state index in [1.54, 1.807) is 53.6 Å². The third-order valence-corrected chi connectivity index (χ3v) is 8.92. The van der Waals surface area contributed by atoms with Gasteiger partial charge in [0, 0.05) is 80.6 Å². The standard InChI is InChI=1S/C32H35FN8O3/c1-44-28-19-34-8-6-23(28)25-17-24(21-3-2-10-40(20-21)29(42)7-11-41-12-9-35-37-41)30(33)31-26(25)18-27(36-31)32(43)39-15-13-38(14-16-39)22-4-5-22/h3,6,8-9,12,17-19,22,36H,2,4-5,7,10-11,13-16,20H2,1H3. The highest BCUT2D eigenvalue weighted by molar-refractivity contribution is 6.05. The largest absolute Gasteiger partial charge is 0.494 e. The van der Waals surface area contributed by atoms with Crippen molar-refractivity contribution in [1.82, 2.24) is 39.7 Å². The predicted molar refractivity (Wildman–Crippen MR) is 162 cm³/mol. The smallest absolute Gasteiger partial charge is 0.270 e. The summed E-state index contributed by atoms with van der Waals surface area (Å²) in [5.41, 5.74) is 3.18. The van der Waals surface area contributed by atoms with Crippen LogP contribution in [0, 0.1) is 5.82 Å². The molecule has 3 aliphatic rings. The number of fused-ring (bicyclic) bond motifs is 1. The van der Waals surface area contributed by atoms with E-state index >= 15 is 4.39 Å². The number of pyridine rings is 1. The van der Waals surface area contributed by atoms with Gasteiger partial charge in [-0.3, -0.25) is 24.2 Å². The van der Waals surface area contributed by atoms with Crippen LogP contribution >= 0.6 is 0 Å². The van der Waals surface area contributed by atoms with Gasteiger partial charge in [-0.05, 0) is 48.6 Å². The number of amides is 2. The molecule has 11 nitrogen and oxygen atoms in total. The molecule has 0 unspecified atom stereocenters. The van der Waals surface area contributed by atoms with E-state index in [-0.39, 0.29) is 30.3 Å². The Balaban J connectivity index is 1.22. The molecule has 0 bridgehead atoms. The van der Waals surface area contributed by atoms with E-state index in [1.807, 2.05) is 17.0 Å². The lowest BCUT2D eigenvalue weighted by atomic mass is 9.93. The number of piperazine rings is 1. The van der Waals surface area contributed by atoms with E-state index in [9.17, 15) is 9.59 Å². The van der Waals surface area contributed by atoms with Gasteiger partial charge in [-0.15, -0.1) is 5.10 Å². The number of nitrogens with zero attached hydrogens (tertiary/aromatic N) is 7. The Bertz CT molecular complexity index is 1720. The van der Waals surface area contributed by atoms with Gasteiger partial charge in [0.05, 0.1) is 31.6 Å². The van der Waals surface area contributed by atoms with Crippen molar-refractivity contribution in [2.24, 2.45) is 0 Å². The van der Waals surface area contributed by atoms with E-state index in [0.29, 0.717) is 61.0 Å². The first kappa shape index (κ1) is 28.2. The number of ether oxygens (including phenoxy) is 1. The number of benzene rings is 1. The lowest BCUT2D eigenvalue weighted by molar-refractivity contribution is -0.131. The van der Waals surface area contributed by atoms with Gasteiger partial charge in [-0.1, -0.05) is 11.3 Å². The minimum absolute atomic E-state index is 0.0295. The Hall–Kier alpha value is -4.58. The topological polar surface area (TPSA) is 112 Å². The number of nitrogens with one attached hydrogen (secondary N) is 1. The van der Waals surface area contributed by atoms with Gasteiger partial charge < -0.3 is 19.5 Å². The van der Waals surface area contributed by atoms with Crippen LogP contribution in [-0.4, -0.2) is 104 Å². The number of hydrogen-bond acceptors (Lipinski definition) is 7. The summed E-state index contributed by atoms with van der Waals surface area (Å²) in [7, 11) is 1.57. The molecule has 1 N–H and O–H groups in total. The van der Waals surface area contributed by atoms with E-state index in [4.69, 9.17) is 4.74 Å². The van der Waals surface area contributed by atoms with Gasteiger partial charge in [0.1, 0.15) is 11.4 Å². The Morgan fingerprint density at radius 1 is 1.05 bits per heavy atom. The van der Waals surface area contributed by atoms with E-state index < -0.39 is 5.82 Å². The molecule has 1 saturated heterocycles. The zero-order valence-electron chi connectivity index (χ0n) is 24.7. The number of aromatic nitrogens is 5. The molecule has 3 aromatic heterocycles. The summed E-state index contributed by atoms with van der Waals surface area (Å²) in [6.07, 6.45) is 11.9. The Labute approximate surface area is 254 Å². The molecular weight excluding hydrogens is 563 g/mol. The summed E-state index contributed by atoms with van der Waals surface area (Å²) in [6, 6.07) is 6.05. The van der Waals surface area contributed by atoms with Crippen LogP contribution in [0.1, 0.15) is 41.7 Å². The fraction of sp³-hybridized carbons (Fsp3) is 0.406. The molecule has 2 amide bonds. The molecule has 4 aromatic rings. The maximum atomic E-state index is 16.5. The fourth-order valence-electron chi connectivity index (χ4n) is 6.37. The number of H-pyrrole nitrogens is 1. The molecular formula is C32H35FN8O3. The van der Waals surface area contributed by atoms with Crippen molar-refractivity contribution in [3.8, 4) is 16.9 Å². The van der Waals surface area contributed by atoms with Crippen LogP contribution in [-0.2, 0) is 11.3 Å². The van der Waals surface area contributed by atoms with Crippen molar-refractivity contribution in [3.05, 3.63) is 66.1 Å². The van der Waals surface area contributed by atoms with Crippen LogP contribution in [0.3, 0.4) is 0 Å². The third-order valence-electron chi connectivity index (χ3n) is 8.92. The van der Waals surface area contributed by atoms with Crippen LogP contribution in [0.5, 0.6) is 5.75 Å². The summed E-state index contributed by atoms with van der Waals surface area (Å²) in [4.78, 5) is 40.1. The first-order valence-corrected chi connectivity index (χ1v) is 15.2.